The zero-order valence-electron chi connectivity index (χ0n) is 14.1. The van der Waals surface area contributed by atoms with Crippen molar-refractivity contribution in [2.75, 3.05) is 6.54 Å². The molecule has 22 heavy (non-hydrogen) atoms. The number of likely N-dealkylation sites (tertiary alicyclic amines) is 1. The highest BCUT2D eigenvalue weighted by Gasteiger charge is 2.33. The van der Waals surface area contributed by atoms with E-state index in [2.05, 4.69) is 0 Å². The van der Waals surface area contributed by atoms with Crippen LogP contribution in [-0.2, 0) is 14.3 Å². The highest BCUT2D eigenvalue weighted by atomic mass is 16.6. The molecule has 0 aromatic rings. The lowest BCUT2D eigenvalue weighted by Gasteiger charge is -2.38. The van der Waals surface area contributed by atoms with Gasteiger partial charge in [-0.2, -0.15) is 0 Å². The molecule has 1 saturated heterocycles. The summed E-state index contributed by atoms with van der Waals surface area (Å²) in [5.41, 5.74) is 0.552. The molecular formula is C17H27NO4. The SMILES string of the molecule is CC1=CC(=O)O[C@@H](C[C@@H]2CCCCN2C(=O)OC(C)(C)C)C1. The van der Waals surface area contributed by atoms with Crippen molar-refractivity contribution >= 4 is 12.1 Å². The third-order valence-corrected chi connectivity index (χ3v) is 3.99. The van der Waals surface area contributed by atoms with Crippen molar-refractivity contribution in [2.24, 2.45) is 0 Å². The summed E-state index contributed by atoms with van der Waals surface area (Å²) in [6, 6.07) is 0.0901. The second kappa shape index (κ2) is 6.71. The Kier molecular flexibility index (Phi) is 5.14. The van der Waals surface area contributed by atoms with Gasteiger partial charge in [0.25, 0.3) is 0 Å². The Morgan fingerprint density at radius 1 is 1.41 bits per heavy atom. The minimum Gasteiger partial charge on any atom is -0.459 e. The second-order valence-electron chi connectivity index (χ2n) is 7.31. The zero-order chi connectivity index (χ0) is 16.3. The predicted molar refractivity (Wildman–Crippen MR) is 83.5 cm³/mol. The molecule has 2 atom stereocenters. The van der Waals surface area contributed by atoms with Gasteiger partial charge in [0, 0.05) is 31.5 Å². The van der Waals surface area contributed by atoms with Crippen molar-refractivity contribution in [3.63, 3.8) is 0 Å². The molecule has 0 aromatic heterocycles. The van der Waals surface area contributed by atoms with E-state index >= 15 is 0 Å². The lowest BCUT2D eigenvalue weighted by molar-refractivity contribution is -0.145. The van der Waals surface area contributed by atoms with E-state index in [9.17, 15) is 9.59 Å². The summed E-state index contributed by atoms with van der Waals surface area (Å²) in [4.78, 5) is 25.7. The summed E-state index contributed by atoms with van der Waals surface area (Å²) in [5, 5.41) is 0. The highest BCUT2D eigenvalue weighted by Crippen LogP contribution is 2.27. The number of cyclic esters (lactones) is 1. The fraction of sp³-hybridized carbons (Fsp3) is 0.765. The Hall–Kier alpha value is -1.52. The van der Waals surface area contributed by atoms with Gasteiger partial charge in [-0.25, -0.2) is 9.59 Å². The van der Waals surface area contributed by atoms with Gasteiger partial charge in [-0.05, 0) is 47.0 Å². The summed E-state index contributed by atoms with van der Waals surface area (Å²) >= 11 is 0. The fourth-order valence-electron chi connectivity index (χ4n) is 3.10. The highest BCUT2D eigenvalue weighted by molar-refractivity contribution is 5.83. The molecule has 2 aliphatic rings. The van der Waals surface area contributed by atoms with Crippen LogP contribution in [0.3, 0.4) is 0 Å². The van der Waals surface area contributed by atoms with Crippen LogP contribution in [0.15, 0.2) is 11.6 Å². The van der Waals surface area contributed by atoms with Crippen LogP contribution in [0.2, 0.25) is 0 Å². The maximum absolute atomic E-state index is 12.4. The number of amides is 1. The van der Waals surface area contributed by atoms with E-state index in [0.29, 0.717) is 6.42 Å². The molecule has 0 saturated carbocycles. The molecular weight excluding hydrogens is 282 g/mol. The summed E-state index contributed by atoms with van der Waals surface area (Å²) in [6.45, 7) is 8.29. The van der Waals surface area contributed by atoms with Gasteiger partial charge < -0.3 is 14.4 Å². The van der Waals surface area contributed by atoms with Gasteiger partial charge in [0.15, 0.2) is 0 Å². The molecule has 0 radical (unpaired) electrons. The maximum Gasteiger partial charge on any atom is 0.410 e. The number of carbonyl (C=O) groups is 2. The van der Waals surface area contributed by atoms with Gasteiger partial charge >= 0.3 is 12.1 Å². The molecule has 2 heterocycles. The molecule has 5 heteroatoms. The van der Waals surface area contributed by atoms with Crippen molar-refractivity contribution in [1.29, 1.82) is 0 Å². The van der Waals surface area contributed by atoms with E-state index in [1.807, 2.05) is 32.6 Å². The summed E-state index contributed by atoms with van der Waals surface area (Å²) in [5.74, 6) is -0.270. The van der Waals surface area contributed by atoms with E-state index in [4.69, 9.17) is 9.47 Å². The average molecular weight is 309 g/mol. The monoisotopic (exact) mass is 309 g/mol. The van der Waals surface area contributed by atoms with Crippen molar-refractivity contribution in [3.05, 3.63) is 11.6 Å². The molecule has 1 fully saturated rings. The molecule has 0 aliphatic carbocycles. The van der Waals surface area contributed by atoms with Crippen LogP contribution < -0.4 is 0 Å². The number of ether oxygens (including phenoxy) is 2. The van der Waals surface area contributed by atoms with E-state index in [1.165, 1.54) is 0 Å². The Morgan fingerprint density at radius 3 is 2.77 bits per heavy atom. The minimum atomic E-state index is -0.490. The van der Waals surface area contributed by atoms with Gasteiger partial charge in [0.2, 0.25) is 0 Å². The van der Waals surface area contributed by atoms with Crippen LogP contribution in [0, 0.1) is 0 Å². The van der Waals surface area contributed by atoms with Crippen molar-refractivity contribution < 1.29 is 19.1 Å². The molecule has 0 spiro atoms. The number of esters is 1. The third-order valence-electron chi connectivity index (χ3n) is 3.99. The van der Waals surface area contributed by atoms with Gasteiger partial charge in [-0.15, -0.1) is 0 Å². The largest absolute Gasteiger partial charge is 0.459 e. The van der Waals surface area contributed by atoms with Crippen molar-refractivity contribution in [2.45, 2.75) is 77.5 Å². The number of hydrogen-bond donors (Lipinski definition) is 0. The third kappa shape index (κ3) is 4.75. The predicted octanol–water partition coefficient (Wildman–Crippen LogP) is 3.43. The molecule has 0 bridgehead atoms. The Balaban J connectivity index is 1.99. The molecule has 0 N–H and O–H groups in total. The molecule has 0 aromatic carbocycles. The summed E-state index contributed by atoms with van der Waals surface area (Å²) in [7, 11) is 0. The van der Waals surface area contributed by atoms with E-state index in [-0.39, 0.29) is 24.2 Å². The van der Waals surface area contributed by atoms with Crippen LogP contribution in [0.4, 0.5) is 4.79 Å². The molecule has 5 nitrogen and oxygen atoms in total. The molecule has 2 rings (SSSR count). The molecule has 1 amide bonds. The van der Waals surface area contributed by atoms with Crippen LogP contribution in [0.1, 0.15) is 59.8 Å². The summed E-state index contributed by atoms with van der Waals surface area (Å²) in [6.07, 6.45) is 5.63. The van der Waals surface area contributed by atoms with Gasteiger partial charge in [-0.3, -0.25) is 0 Å². The molecule has 2 aliphatic heterocycles. The standard InChI is InChI=1S/C17H27NO4/c1-12-9-14(21-15(19)10-12)11-13-7-5-6-8-18(13)16(20)22-17(2,3)4/h10,13-14H,5-9,11H2,1-4H3/t13-,14+/m0/s1. The van der Waals surface area contributed by atoms with E-state index in [1.54, 1.807) is 6.08 Å². The number of nitrogens with zero attached hydrogens (tertiary/aromatic N) is 1. The van der Waals surface area contributed by atoms with E-state index < -0.39 is 5.60 Å². The lowest BCUT2D eigenvalue weighted by Crippen LogP contribution is -2.47. The van der Waals surface area contributed by atoms with Crippen molar-refractivity contribution in [1.82, 2.24) is 4.90 Å². The Bertz CT molecular complexity index is 464. The first-order valence-corrected chi connectivity index (χ1v) is 8.12. The number of piperidine rings is 1. The van der Waals surface area contributed by atoms with Crippen LogP contribution in [0.25, 0.3) is 0 Å². The topological polar surface area (TPSA) is 55.8 Å². The van der Waals surface area contributed by atoms with Gasteiger partial charge in [0.05, 0.1) is 0 Å². The quantitative estimate of drug-likeness (QED) is 0.733. The Labute approximate surface area is 132 Å². The minimum absolute atomic E-state index is 0.0901. The molecule has 124 valence electrons. The van der Waals surface area contributed by atoms with Crippen LogP contribution in [0.5, 0.6) is 0 Å². The first-order chi connectivity index (χ1) is 10.2. The van der Waals surface area contributed by atoms with Crippen LogP contribution >= 0.6 is 0 Å². The summed E-state index contributed by atoms with van der Waals surface area (Å²) < 4.78 is 10.9. The van der Waals surface area contributed by atoms with Gasteiger partial charge in [-0.1, -0.05) is 5.57 Å². The van der Waals surface area contributed by atoms with Crippen LogP contribution in [-0.4, -0.2) is 41.3 Å². The number of hydrogen-bond acceptors (Lipinski definition) is 4. The van der Waals surface area contributed by atoms with Gasteiger partial charge in [0.1, 0.15) is 11.7 Å². The smallest absolute Gasteiger partial charge is 0.410 e. The Morgan fingerprint density at radius 2 is 2.14 bits per heavy atom. The first kappa shape index (κ1) is 16.8. The number of rotatable bonds is 2. The fourth-order valence-corrected chi connectivity index (χ4v) is 3.10. The maximum atomic E-state index is 12.4. The average Bonchev–Trinajstić information content (AvgIpc) is 2.35. The number of carbonyl (C=O) groups excluding carboxylic acids is 2. The second-order valence-corrected chi connectivity index (χ2v) is 7.31. The first-order valence-electron chi connectivity index (χ1n) is 8.12. The molecule has 0 unspecified atom stereocenters. The normalized spacial score (nSPS) is 26.3. The zero-order valence-corrected chi connectivity index (χ0v) is 14.1. The van der Waals surface area contributed by atoms with Crippen molar-refractivity contribution in [3.8, 4) is 0 Å². The van der Waals surface area contributed by atoms with E-state index in [0.717, 1.165) is 37.8 Å². The lowest BCUT2D eigenvalue weighted by atomic mass is 9.94.